The molecular formula is C14H14N6O2. The van der Waals surface area contributed by atoms with E-state index in [1.807, 2.05) is 18.2 Å². The number of primary amides is 1. The third-order valence-corrected chi connectivity index (χ3v) is 3.28. The summed E-state index contributed by atoms with van der Waals surface area (Å²) in [5.74, 6) is -0.912. The molecule has 2 amide bonds. The van der Waals surface area contributed by atoms with Gasteiger partial charge in [-0.15, -0.1) is 0 Å². The summed E-state index contributed by atoms with van der Waals surface area (Å²) in [4.78, 5) is 23.8. The van der Waals surface area contributed by atoms with Crippen LogP contribution in [0, 0.1) is 0 Å². The lowest BCUT2D eigenvalue weighted by atomic mass is 10.1. The van der Waals surface area contributed by atoms with Crippen molar-refractivity contribution in [2.45, 2.75) is 12.5 Å². The van der Waals surface area contributed by atoms with Crippen molar-refractivity contribution in [3.63, 3.8) is 0 Å². The highest BCUT2D eigenvalue weighted by atomic mass is 16.2. The number of anilines is 2. The van der Waals surface area contributed by atoms with Crippen molar-refractivity contribution >= 4 is 28.9 Å². The summed E-state index contributed by atoms with van der Waals surface area (Å²) in [6, 6.07) is 8.44. The number of carbonyl (C=O) groups is 2. The van der Waals surface area contributed by atoms with Crippen LogP contribution in [-0.2, 0) is 9.59 Å². The first-order valence-electron chi connectivity index (χ1n) is 6.66. The Labute approximate surface area is 126 Å². The van der Waals surface area contributed by atoms with Crippen LogP contribution >= 0.6 is 0 Å². The molecule has 0 radical (unpaired) electrons. The van der Waals surface area contributed by atoms with Gasteiger partial charge in [-0.3, -0.25) is 19.7 Å². The van der Waals surface area contributed by atoms with Gasteiger partial charge in [0, 0.05) is 12.6 Å². The molecule has 2 heterocycles. The molecule has 1 aliphatic rings. The van der Waals surface area contributed by atoms with E-state index in [4.69, 9.17) is 5.73 Å². The molecule has 2 aromatic rings. The fraction of sp³-hybridized carbons (Fsp3) is 0.143. The summed E-state index contributed by atoms with van der Waals surface area (Å²) >= 11 is 0. The predicted molar refractivity (Wildman–Crippen MR) is 81.2 cm³/mol. The van der Waals surface area contributed by atoms with Crippen LogP contribution in [0.25, 0.3) is 0 Å². The SMILES string of the molecule is NC(=O)[C@H]1CC(C(=O)Nc2cn[nH]c2)=NN1c1ccccc1. The number of rotatable bonds is 4. The highest BCUT2D eigenvalue weighted by Gasteiger charge is 2.34. The normalized spacial score (nSPS) is 17.2. The number of benzene rings is 1. The molecule has 1 aliphatic heterocycles. The van der Waals surface area contributed by atoms with Crippen LogP contribution in [0.1, 0.15) is 6.42 Å². The van der Waals surface area contributed by atoms with Gasteiger partial charge in [0.05, 0.1) is 17.6 Å². The predicted octanol–water partition coefficient (Wildman–Crippen LogP) is 0.468. The lowest BCUT2D eigenvalue weighted by molar-refractivity contribution is -0.119. The van der Waals surface area contributed by atoms with Gasteiger partial charge < -0.3 is 11.1 Å². The van der Waals surface area contributed by atoms with Gasteiger partial charge in [-0.1, -0.05) is 18.2 Å². The maximum atomic E-state index is 12.2. The Morgan fingerprint density at radius 2 is 2.09 bits per heavy atom. The van der Waals surface area contributed by atoms with Gasteiger partial charge >= 0.3 is 0 Å². The maximum Gasteiger partial charge on any atom is 0.272 e. The Morgan fingerprint density at radius 1 is 1.32 bits per heavy atom. The van der Waals surface area contributed by atoms with E-state index >= 15 is 0 Å². The summed E-state index contributed by atoms with van der Waals surface area (Å²) in [5, 5.41) is 14.7. The first kappa shape index (κ1) is 13.8. The zero-order chi connectivity index (χ0) is 15.5. The molecule has 0 bridgehead atoms. The summed E-state index contributed by atoms with van der Waals surface area (Å²) in [7, 11) is 0. The number of hydrazone groups is 1. The zero-order valence-electron chi connectivity index (χ0n) is 11.6. The van der Waals surface area contributed by atoms with Gasteiger partial charge in [-0.2, -0.15) is 10.2 Å². The first-order chi connectivity index (χ1) is 10.6. The lowest BCUT2D eigenvalue weighted by Crippen LogP contribution is -2.39. The number of hydrogen-bond acceptors (Lipinski definition) is 5. The fourth-order valence-electron chi connectivity index (χ4n) is 2.21. The number of carbonyl (C=O) groups excluding carboxylic acids is 2. The molecule has 22 heavy (non-hydrogen) atoms. The monoisotopic (exact) mass is 298 g/mol. The van der Waals surface area contributed by atoms with Crippen LogP contribution < -0.4 is 16.1 Å². The van der Waals surface area contributed by atoms with Crippen LogP contribution in [0.2, 0.25) is 0 Å². The third kappa shape index (κ3) is 2.66. The molecule has 0 aliphatic carbocycles. The highest BCUT2D eigenvalue weighted by Crippen LogP contribution is 2.24. The number of nitrogens with two attached hydrogens (primary N) is 1. The average molecular weight is 298 g/mol. The zero-order valence-corrected chi connectivity index (χ0v) is 11.6. The quantitative estimate of drug-likeness (QED) is 0.760. The first-order valence-corrected chi connectivity index (χ1v) is 6.66. The summed E-state index contributed by atoms with van der Waals surface area (Å²) < 4.78 is 0. The average Bonchev–Trinajstić information content (AvgIpc) is 3.17. The number of nitrogens with zero attached hydrogens (tertiary/aromatic N) is 3. The molecule has 1 aromatic carbocycles. The Kier molecular flexibility index (Phi) is 3.57. The van der Waals surface area contributed by atoms with Gasteiger partial charge in [-0.05, 0) is 12.1 Å². The third-order valence-electron chi connectivity index (χ3n) is 3.28. The smallest absolute Gasteiger partial charge is 0.272 e. The Balaban J connectivity index is 1.83. The lowest BCUT2D eigenvalue weighted by Gasteiger charge is -2.20. The van der Waals surface area contributed by atoms with Crippen molar-refractivity contribution in [2.75, 3.05) is 10.3 Å². The van der Waals surface area contributed by atoms with Crippen molar-refractivity contribution in [1.82, 2.24) is 10.2 Å². The van der Waals surface area contributed by atoms with Gasteiger partial charge in [0.1, 0.15) is 11.8 Å². The van der Waals surface area contributed by atoms with Gasteiger partial charge in [0.2, 0.25) is 5.91 Å². The Bertz CT molecular complexity index is 710. The van der Waals surface area contributed by atoms with Crippen LogP contribution in [0.4, 0.5) is 11.4 Å². The molecule has 0 saturated heterocycles. The molecule has 1 atom stereocenters. The van der Waals surface area contributed by atoms with Crippen LogP contribution in [0.15, 0.2) is 47.8 Å². The Morgan fingerprint density at radius 3 is 2.73 bits per heavy atom. The molecule has 8 nitrogen and oxygen atoms in total. The molecule has 8 heteroatoms. The van der Waals surface area contributed by atoms with Crippen molar-refractivity contribution in [3.05, 3.63) is 42.7 Å². The maximum absolute atomic E-state index is 12.2. The van der Waals surface area contributed by atoms with Crippen LogP contribution in [0.3, 0.4) is 0 Å². The van der Waals surface area contributed by atoms with E-state index in [1.165, 1.54) is 11.2 Å². The molecule has 1 aromatic heterocycles. The fourth-order valence-corrected chi connectivity index (χ4v) is 2.21. The van der Waals surface area contributed by atoms with E-state index in [0.29, 0.717) is 11.4 Å². The number of nitrogens with one attached hydrogen (secondary N) is 2. The number of para-hydroxylation sites is 1. The number of hydrogen-bond donors (Lipinski definition) is 3. The van der Waals surface area contributed by atoms with E-state index in [2.05, 4.69) is 20.6 Å². The van der Waals surface area contributed by atoms with E-state index < -0.39 is 11.9 Å². The summed E-state index contributed by atoms with van der Waals surface area (Å²) in [6.07, 6.45) is 3.19. The number of aromatic amines is 1. The topological polar surface area (TPSA) is 116 Å². The number of amides is 2. The van der Waals surface area contributed by atoms with Crippen molar-refractivity contribution in [1.29, 1.82) is 0 Å². The highest BCUT2D eigenvalue weighted by molar-refractivity contribution is 6.44. The minimum absolute atomic E-state index is 0.161. The summed E-state index contributed by atoms with van der Waals surface area (Å²) in [5.41, 5.74) is 6.90. The number of H-pyrrole nitrogens is 1. The van der Waals surface area contributed by atoms with Crippen molar-refractivity contribution in [2.24, 2.45) is 10.8 Å². The molecule has 0 saturated carbocycles. The standard InChI is InChI=1S/C14H14N6O2/c15-13(21)12-6-11(14(22)18-9-7-16-17-8-9)19-20(12)10-4-2-1-3-5-10/h1-5,7-8,12H,6H2,(H2,15,21)(H,16,17)(H,18,22)/t12-/m1/s1. The summed E-state index contributed by atoms with van der Waals surface area (Å²) in [6.45, 7) is 0. The molecular weight excluding hydrogens is 284 g/mol. The second-order valence-corrected chi connectivity index (χ2v) is 4.79. The molecule has 4 N–H and O–H groups in total. The van der Waals surface area contributed by atoms with Crippen molar-refractivity contribution in [3.8, 4) is 0 Å². The van der Waals surface area contributed by atoms with Crippen molar-refractivity contribution < 1.29 is 9.59 Å². The largest absolute Gasteiger partial charge is 0.368 e. The van der Waals surface area contributed by atoms with E-state index in [-0.39, 0.29) is 18.0 Å². The molecule has 0 fully saturated rings. The van der Waals surface area contributed by atoms with Gasteiger partial charge in [-0.25, -0.2) is 0 Å². The van der Waals surface area contributed by atoms with Gasteiger partial charge in [0.25, 0.3) is 5.91 Å². The van der Waals surface area contributed by atoms with E-state index in [0.717, 1.165) is 0 Å². The molecule has 0 unspecified atom stereocenters. The molecule has 0 spiro atoms. The van der Waals surface area contributed by atoms with Crippen LogP contribution in [0.5, 0.6) is 0 Å². The van der Waals surface area contributed by atoms with E-state index in [9.17, 15) is 9.59 Å². The molecule has 112 valence electrons. The second kappa shape index (κ2) is 5.68. The molecule has 3 rings (SSSR count). The van der Waals surface area contributed by atoms with E-state index in [1.54, 1.807) is 18.3 Å². The van der Waals surface area contributed by atoms with Gasteiger partial charge in [0.15, 0.2) is 0 Å². The second-order valence-electron chi connectivity index (χ2n) is 4.79. The minimum Gasteiger partial charge on any atom is -0.368 e. The Hall–Kier alpha value is -3.16. The van der Waals surface area contributed by atoms with Crippen LogP contribution in [-0.4, -0.2) is 33.8 Å². The minimum atomic E-state index is -0.674. The number of aromatic nitrogens is 2.